The fraction of sp³-hybridized carbons (Fsp3) is 0.273. The summed E-state index contributed by atoms with van der Waals surface area (Å²) < 4.78 is 20.0. The standard InChI is InChI=1S/C22H22ClFN2O3/c1-13(2)29-21(27)18-14(3)26(12-15-8-5-4-6-9-15)22(28)25-20(18)19-16(23)10-7-11-17(19)24/h4-11,13,20H,12H2,1-3H3,(H,25,28). The van der Waals surface area contributed by atoms with Gasteiger partial charge in [0.1, 0.15) is 5.82 Å². The van der Waals surface area contributed by atoms with Gasteiger partial charge in [0.05, 0.1) is 24.3 Å². The maximum absolute atomic E-state index is 14.6. The van der Waals surface area contributed by atoms with Crippen LogP contribution in [0.25, 0.3) is 0 Å². The van der Waals surface area contributed by atoms with Crippen LogP contribution in [-0.4, -0.2) is 23.0 Å². The van der Waals surface area contributed by atoms with E-state index in [0.29, 0.717) is 5.70 Å². The highest BCUT2D eigenvalue weighted by atomic mass is 35.5. The Labute approximate surface area is 174 Å². The molecule has 1 aliphatic heterocycles. The molecule has 0 fully saturated rings. The van der Waals surface area contributed by atoms with E-state index in [1.54, 1.807) is 20.8 Å². The molecule has 0 aromatic heterocycles. The highest BCUT2D eigenvalue weighted by molar-refractivity contribution is 6.31. The lowest BCUT2D eigenvalue weighted by molar-refractivity contribution is -0.143. The van der Waals surface area contributed by atoms with Crippen molar-refractivity contribution in [3.63, 3.8) is 0 Å². The molecule has 1 N–H and O–H groups in total. The zero-order chi connectivity index (χ0) is 21.1. The van der Waals surface area contributed by atoms with Crippen LogP contribution in [0.1, 0.15) is 37.9 Å². The number of benzene rings is 2. The molecule has 0 bridgehead atoms. The number of amides is 2. The molecule has 2 aromatic carbocycles. The lowest BCUT2D eigenvalue weighted by atomic mass is 9.94. The van der Waals surface area contributed by atoms with Crippen LogP contribution >= 0.6 is 11.6 Å². The largest absolute Gasteiger partial charge is 0.459 e. The second kappa shape index (κ2) is 8.66. The van der Waals surface area contributed by atoms with Gasteiger partial charge in [0.2, 0.25) is 0 Å². The van der Waals surface area contributed by atoms with Crippen molar-refractivity contribution in [3.8, 4) is 0 Å². The van der Waals surface area contributed by atoms with Gasteiger partial charge in [0.15, 0.2) is 0 Å². The Morgan fingerprint density at radius 3 is 2.52 bits per heavy atom. The third-order valence-corrected chi connectivity index (χ3v) is 4.96. The minimum Gasteiger partial charge on any atom is -0.459 e. The summed E-state index contributed by atoms with van der Waals surface area (Å²) in [5.74, 6) is -1.23. The molecule has 1 atom stereocenters. The lowest BCUT2D eigenvalue weighted by Crippen LogP contribution is -2.48. The molecule has 7 heteroatoms. The van der Waals surface area contributed by atoms with E-state index in [0.717, 1.165) is 5.56 Å². The Morgan fingerprint density at radius 2 is 1.90 bits per heavy atom. The van der Waals surface area contributed by atoms with E-state index in [2.05, 4.69) is 5.32 Å². The summed E-state index contributed by atoms with van der Waals surface area (Å²) in [5.41, 5.74) is 1.48. The average molecular weight is 417 g/mol. The van der Waals surface area contributed by atoms with Gasteiger partial charge in [-0.05, 0) is 38.5 Å². The van der Waals surface area contributed by atoms with Crippen LogP contribution < -0.4 is 5.32 Å². The fourth-order valence-corrected chi connectivity index (χ4v) is 3.55. The van der Waals surface area contributed by atoms with E-state index in [1.165, 1.54) is 23.1 Å². The highest BCUT2D eigenvalue weighted by Gasteiger charge is 2.38. The molecule has 0 aliphatic carbocycles. The molecule has 1 aliphatic rings. The molecule has 0 radical (unpaired) electrons. The van der Waals surface area contributed by atoms with E-state index >= 15 is 0 Å². The Kier molecular flexibility index (Phi) is 6.23. The van der Waals surface area contributed by atoms with Crippen molar-refractivity contribution >= 4 is 23.6 Å². The first kappa shape index (κ1) is 20.9. The predicted octanol–water partition coefficient (Wildman–Crippen LogP) is 4.97. The maximum atomic E-state index is 14.6. The van der Waals surface area contributed by atoms with Gasteiger partial charge in [0, 0.05) is 16.3 Å². The molecule has 1 heterocycles. The Balaban J connectivity index is 2.10. The van der Waals surface area contributed by atoms with Gasteiger partial charge in [-0.1, -0.05) is 48.0 Å². The number of urea groups is 1. The number of hydrogen-bond acceptors (Lipinski definition) is 3. The summed E-state index contributed by atoms with van der Waals surface area (Å²) >= 11 is 6.22. The van der Waals surface area contributed by atoms with Crippen molar-refractivity contribution < 1.29 is 18.7 Å². The fourth-order valence-electron chi connectivity index (χ4n) is 3.28. The second-order valence-electron chi connectivity index (χ2n) is 7.04. The monoisotopic (exact) mass is 416 g/mol. The third-order valence-electron chi connectivity index (χ3n) is 4.63. The summed E-state index contributed by atoms with van der Waals surface area (Å²) in [4.78, 5) is 27.2. The normalized spacial score (nSPS) is 16.8. The minimum atomic E-state index is -1.05. The summed E-state index contributed by atoms with van der Waals surface area (Å²) in [6, 6.07) is 12.1. The van der Waals surface area contributed by atoms with Crippen LogP contribution in [0.2, 0.25) is 5.02 Å². The van der Waals surface area contributed by atoms with Gasteiger partial charge in [-0.3, -0.25) is 4.90 Å². The van der Waals surface area contributed by atoms with Gasteiger partial charge >= 0.3 is 12.0 Å². The molecule has 152 valence electrons. The molecule has 29 heavy (non-hydrogen) atoms. The average Bonchev–Trinajstić information content (AvgIpc) is 2.65. The smallest absolute Gasteiger partial charge is 0.338 e. The number of rotatable bonds is 5. The van der Waals surface area contributed by atoms with E-state index in [-0.39, 0.29) is 28.8 Å². The van der Waals surface area contributed by atoms with E-state index < -0.39 is 23.9 Å². The maximum Gasteiger partial charge on any atom is 0.338 e. The SMILES string of the molecule is CC1=C(C(=O)OC(C)C)C(c2c(F)cccc2Cl)NC(=O)N1Cc1ccccc1. The molecule has 0 spiro atoms. The topological polar surface area (TPSA) is 58.6 Å². The van der Waals surface area contributed by atoms with Crippen LogP contribution in [0.5, 0.6) is 0 Å². The van der Waals surface area contributed by atoms with Crippen LogP contribution in [0, 0.1) is 5.82 Å². The Morgan fingerprint density at radius 1 is 1.21 bits per heavy atom. The molecule has 5 nitrogen and oxygen atoms in total. The van der Waals surface area contributed by atoms with Gasteiger partial charge in [-0.25, -0.2) is 14.0 Å². The summed E-state index contributed by atoms with van der Waals surface area (Å²) in [6.45, 7) is 5.36. The zero-order valence-electron chi connectivity index (χ0n) is 16.4. The van der Waals surface area contributed by atoms with Crippen LogP contribution in [0.15, 0.2) is 59.8 Å². The van der Waals surface area contributed by atoms with E-state index in [1.807, 2.05) is 30.3 Å². The van der Waals surface area contributed by atoms with E-state index in [9.17, 15) is 14.0 Å². The number of carbonyl (C=O) groups excluding carboxylic acids is 2. The van der Waals surface area contributed by atoms with Crippen molar-refractivity contribution in [2.24, 2.45) is 0 Å². The second-order valence-corrected chi connectivity index (χ2v) is 7.45. The predicted molar refractivity (Wildman–Crippen MR) is 109 cm³/mol. The number of nitrogens with one attached hydrogen (secondary N) is 1. The molecule has 2 aromatic rings. The van der Waals surface area contributed by atoms with Crippen molar-refractivity contribution in [1.82, 2.24) is 10.2 Å². The first-order valence-electron chi connectivity index (χ1n) is 9.27. The van der Waals surface area contributed by atoms with Crippen molar-refractivity contribution in [1.29, 1.82) is 0 Å². The number of nitrogens with zero attached hydrogens (tertiary/aromatic N) is 1. The Hall–Kier alpha value is -2.86. The summed E-state index contributed by atoms with van der Waals surface area (Å²) in [5, 5.41) is 2.84. The minimum absolute atomic E-state index is 0.0388. The zero-order valence-corrected chi connectivity index (χ0v) is 17.2. The molecule has 0 saturated carbocycles. The Bertz CT molecular complexity index is 940. The molecule has 1 unspecified atom stereocenters. The van der Waals surface area contributed by atoms with Crippen molar-refractivity contribution in [2.45, 2.75) is 39.5 Å². The van der Waals surface area contributed by atoms with E-state index in [4.69, 9.17) is 16.3 Å². The number of esters is 1. The number of hydrogen-bond donors (Lipinski definition) is 1. The van der Waals surface area contributed by atoms with Gasteiger partial charge < -0.3 is 10.1 Å². The van der Waals surface area contributed by atoms with Gasteiger partial charge in [-0.15, -0.1) is 0 Å². The third kappa shape index (κ3) is 4.43. The quantitative estimate of drug-likeness (QED) is 0.700. The summed E-state index contributed by atoms with van der Waals surface area (Å²) in [6.07, 6.45) is -0.375. The first-order chi connectivity index (χ1) is 13.8. The highest BCUT2D eigenvalue weighted by Crippen LogP contribution is 2.36. The molecule has 2 amide bonds. The molecule has 3 rings (SSSR count). The van der Waals surface area contributed by atoms with Gasteiger partial charge in [-0.2, -0.15) is 0 Å². The van der Waals surface area contributed by atoms with Crippen LogP contribution in [0.4, 0.5) is 9.18 Å². The van der Waals surface area contributed by atoms with Crippen molar-refractivity contribution in [2.75, 3.05) is 0 Å². The number of ether oxygens (including phenoxy) is 1. The van der Waals surface area contributed by atoms with Crippen LogP contribution in [0.3, 0.4) is 0 Å². The first-order valence-corrected chi connectivity index (χ1v) is 9.65. The number of carbonyl (C=O) groups is 2. The van der Waals surface area contributed by atoms with Crippen LogP contribution in [-0.2, 0) is 16.1 Å². The van der Waals surface area contributed by atoms with Gasteiger partial charge in [0.25, 0.3) is 0 Å². The van der Waals surface area contributed by atoms with Crippen molar-refractivity contribution in [3.05, 3.63) is 81.8 Å². The number of halogens is 2. The molecular formula is C22H22ClFN2O3. The molecular weight excluding hydrogens is 395 g/mol. The summed E-state index contributed by atoms with van der Waals surface area (Å²) in [7, 11) is 0. The molecule has 0 saturated heterocycles. The lowest BCUT2D eigenvalue weighted by Gasteiger charge is -2.36. The number of allylic oxidation sites excluding steroid dienone is 1.